The molecule has 1 aliphatic carbocycles. The predicted molar refractivity (Wildman–Crippen MR) is 71.0 cm³/mol. The Morgan fingerprint density at radius 1 is 1.24 bits per heavy atom. The normalized spacial score (nSPS) is 36.5. The molecule has 1 saturated heterocycles. The van der Waals surface area contributed by atoms with Crippen LogP contribution in [0.15, 0.2) is 0 Å². The van der Waals surface area contributed by atoms with Gasteiger partial charge in [0.2, 0.25) is 0 Å². The molecule has 0 aromatic heterocycles. The lowest BCUT2D eigenvalue weighted by atomic mass is 9.98. The molecular formula is C14H28N2O. The van der Waals surface area contributed by atoms with Crippen LogP contribution < -0.4 is 5.32 Å². The summed E-state index contributed by atoms with van der Waals surface area (Å²) in [6, 6.07) is 0.623. The highest BCUT2D eigenvalue weighted by molar-refractivity contribution is 4.85. The van der Waals surface area contributed by atoms with Gasteiger partial charge in [0.25, 0.3) is 0 Å². The maximum atomic E-state index is 10.0. The lowest BCUT2D eigenvalue weighted by Crippen LogP contribution is -2.42. The molecule has 0 aromatic carbocycles. The number of aliphatic hydroxyl groups is 1. The van der Waals surface area contributed by atoms with Crippen LogP contribution in [0, 0.1) is 11.8 Å². The van der Waals surface area contributed by atoms with Crippen molar-refractivity contribution in [1.29, 1.82) is 0 Å². The number of nitrogens with one attached hydrogen (secondary N) is 1. The predicted octanol–water partition coefficient (Wildman–Crippen LogP) is 1.47. The summed E-state index contributed by atoms with van der Waals surface area (Å²) in [6.45, 7) is 8.64. The largest absolute Gasteiger partial charge is 0.390 e. The summed E-state index contributed by atoms with van der Waals surface area (Å²) >= 11 is 0. The zero-order valence-corrected chi connectivity index (χ0v) is 11.4. The number of aliphatic hydroxyl groups excluding tert-OH is 1. The van der Waals surface area contributed by atoms with Crippen LogP contribution in [0.25, 0.3) is 0 Å². The first-order valence-electron chi connectivity index (χ1n) is 7.30. The molecule has 4 atom stereocenters. The second kappa shape index (κ2) is 6.17. The van der Waals surface area contributed by atoms with E-state index in [0.29, 0.717) is 6.04 Å². The zero-order chi connectivity index (χ0) is 12.3. The van der Waals surface area contributed by atoms with Crippen LogP contribution in [-0.2, 0) is 0 Å². The van der Waals surface area contributed by atoms with Crippen LogP contribution in [0.2, 0.25) is 0 Å². The summed E-state index contributed by atoms with van der Waals surface area (Å²) < 4.78 is 0. The Labute approximate surface area is 106 Å². The van der Waals surface area contributed by atoms with Crippen molar-refractivity contribution in [1.82, 2.24) is 10.2 Å². The molecule has 1 heterocycles. The average molecular weight is 240 g/mol. The van der Waals surface area contributed by atoms with Crippen LogP contribution in [-0.4, -0.2) is 48.3 Å². The SMILES string of the molecule is CC1CCC(NCC(O)CN2CCCC2)C1C. The molecule has 0 radical (unpaired) electrons. The summed E-state index contributed by atoms with van der Waals surface area (Å²) in [4.78, 5) is 2.38. The molecule has 0 bridgehead atoms. The van der Waals surface area contributed by atoms with Gasteiger partial charge in [-0.15, -0.1) is 0 Å². The Morgan fingerprint density at radius 2 is 1.94 bits per heavy atom. The fourth-order valence-electron chi connectivity index (χ4n) is 3.27. The van der Waals surface area contributed by atoms with E-state index in [2.05, 4.69) is 24.1 Å². The molecule has 2 rings (SSSR count). The van der Waals surface area contributed by atoms with Gasteiger partial charge in [-0.1, -0.05) is 13.8 Å². The van der Waals surface area contributed by atoms with Crippen LogP contribution in [0.1, 0.15) is 39.5 Å². The van der Waals surface area contributed by atoms with Crippen LogP contribution in [0.5, 0.6) is 0 Å². The highest BCUT2D eigenvalue weighted by Crippen LogP contribution is 2.30. The Kier molecular flexibility index (Phi) is 4.83. The molecule has 3 nitrogen and oxygen atoms in total. The van der Waals surface area contributed by atoms with Crippen molar-refractivity contribution < 1.29 is 5.11 Å². The van der Waals surface area contributed by atoms with E-state index in [4.69, 9.17) is 0 Å². The van der Waals surface area contributed by atoms with Crippen molar-refractivity contribution in [3.8, 4) is 0 Å². The Bertz CT molecular complexity index is 228. The molecule has 3 heteroatoms. The third-order valence-electron chi connectivity index (χ3n) is 4.75. The topological polar surface area (TPSA) is 35.5 Å². The third kappa shape index (κ3) is 3.67. The van der Waals surface area contributed by atoms with E-state index < -0.39 is 0 Å². The molecule has 0 spiro atoms. The van der Waals surface area contributed by atoms with E-state index in [1.807, 2.05) is 0 Å². The number of rotatable bonds is 5. The molecule has 0 amide bonds. The summed E-state index contributed by atoms with van der Waals surface area (Å²) in [5.41, 5.74) is 0. The standard InChI is InChI=1S/C14H28N2O/c1-11-5-6-14(12(11)2)15-9-13(17)10-16-7-3-4-8-16/h11-15,17H,3-10H2,1-2H3. The number of nitrogens with zero attached hydrogens (tertiary/aromatic N) is 1. The lowest BCUT2D eigenvalue weighted by Gasteiger charge is -2.24. The molecule has 0 aromatic rings. The molecule has 1 saturated carbocycles. The number of β-amino-alcohol motifs (C(OH)–C–C–N with tert-alkyl or cyclic N) is 1. The number of likely N-dealkylation sites (tertiary alicyclic amines) is 1. The third-order valence-corrected chi connectivity index (χ3v) is 4.75. The number of hydrogen-bond donors (Lipinski definition) is 2. The van der Waals surface area contributed by atoms with Gasteiger partial charge in [-0.3, -0.25) is 0 Å². The summed E-state index contributed by atoms with van der Waals surface area (Å²) in [6.07, 6.45) is 5.02. The van der Waals surface area contributed by atoms with Crippen LogP contribution in [0.4, 0.5) is 0 Å². The maximum Gasteiger partial charge on any atom is 0.0791 e. The molecule has 4 unspecified atom stereocenters. The second-order valence-electron chi connectivity index (χ2n) is 6.09. The Morgan fingerprint density at radius 3 is 2.53 bits per heavy atom. The van der Waals surface area contributed by atoms with Gasteiger partial charge in [0.05, 0.1) is 6.10 Å². The second-order valence-corrected chi connectivity index (χ2v) is 6.09. The minimum Gasteiger partial charge on any atom is -0.390 e. The van der Waals surface area contributed by atoms with Crippen molar-refractivity contribution in [3.63, 3.8) is 0 Å². The molecule has 1 aliphatic heterocycles. The summed E-state index contributed by atoms with van der Waals surface area (Å²) in [5, 5.41) is 13.6. The first kappa shape index (κ1) is 13.3. The van der Waals surface area contributed by atoms with E-state index in [9.17, 15) is 5.11 Å². The van der Waals surface area contributed by atoms with E-state index in [1.54, 1.807) is 0 Å². The quantitative estimate of drug-likeness (QED) is 0.764. The zero-order valence-electron chi connectivity index (χ0n) is 11.4. The van der Waals surface area contributed by atoms with Gasteiger partial charge >= 0.3 is 0 Å². The minimum absolute atomic E-state index is 0.198. The highest BCUT2D eigenvalue weighted by atomic mass is 16.3. The fraction of sp³-hybridized carbons (Fsp3) is 1.00. The molecule has 2 aliphatic rings. The van der Waals surface area contributed by atoms with Crippen molar-refractivity contribution in [2.24, 2.45) is 11.8 Å². The Balaban J connectivity index is 1.63. The Hall–Kier alpha value is -0.120. The van der Waals surface area contributed by atoms with E-state index in [1.165, 1.54) is 38.8 Å². The molecule has 2 fully saturated rings. The van der Waals surface area contributed by atoms with Crippen molar-refractivity contribution in [2.45, 2.75) is 51.7 Å². The minimum atomic E-state index is -0.198. The van der Waals surface area contributed by atoms with E-state index >= 15 is 0 Å². The molecule has 2 N–H and O–H groups in total. The fourth-order valence-corrected chi connectivity index (χ4v) is 3.27. The first-order valence-corrected chi connectivity index (χ1v) is 7.30. The summed E-state index contributed by atoms with van der Waals surface area (Å²) in [7, 11) is 0. The van der Waals surface area contributed by atoms with E-state index in [-0.39, 0.29) is 6.10 Å². The molecular weight excluding hydrogens is 212 g/mol. The van der Waals surface area contributed by atoms with E-state index in [0.717, 1.165) is 24.9 Å². The van der Waals surface area contributed by atoms with Crippen LogP contribution in [0.3, 0.4) is 0 Å². The summed E-state index contributed by atoms with van der Waals surface area (Å²) in [5.74, 6) is 1.59. The first-order chi connectivity index (χ1) is 8.16. The molecule has 100 valence electrons. The van der Waals surface area contributed by atoms with Gasteiger partial charge in [0.1, 0.15) is 0 Å². The average Bonchev–Trinajstić information content (AvgIpc) is 2.90. The monoisotopic (exact) mass is 240 g/mol. The molecule has 17 heavy (non-hydrogen) atoms. The van der Waals surface area contributed by atoms with Gasteiger partial charge in [-0.2, -0.15) is 0 Å². The number of hydrogen-bond acceptors (Lipinski definition) is 3. The smallest absolute Gasteiger partial charge is 0.0791 e. The van der Waals surface area contributed by atoms with Gasteiger partial charge in [0, 0.05) is 19.1 Å². The van der Waals surface area contributed by atoms with Crippen LogP contribution >= 0.6 is 0 Å². The van der Waals surface area contributed by atoms with Gasteiger partial charge in [0.15, 0.2) is 0 Å². The highest BCUT2D eigenvalue weighted by Gasteiger charge is 2.29. The lowest BCUT2D eigenvalue weighted by molar-refractivity contribution is 0.118. The van der Waals surface area contributed by atoms with Crippen molar-refractivity contribution in [2.75, 3.05) is 26.2 Å². The van der Waals surface area contributed by atoms with Gasteiger partial charge < -0.3 is 15.3 Å². The van der Waals surface area contributed by atoms with Crippen molar-refractivity contribution >= 4 is 0 Å². The van der Waals surface area contributed by atoms with Crippen molar-refractivity contribution in [3.05, 3.63) is 0 Å². The van der Waals surface area contributed by atoms with Gasteiger partial charge in [-0.25, -0.2) is 0 Å². The van der Waals surface area contributed by atoms with Gasteiger partial charge in [-0.05, 0) is 50.6 Å². The maximum absolute atomic E-state index is 10.0.